The molecule has 2 N–H and O–H groups in total. The highest BCUT2D eigenvalue weighted by Crippen LogP contribution is 2.09. The molecule has 1 aromatic rings. The molecular formula is C7H9NOS. The summed E-state index contributed by atoms with van der Waals surface area (Å²) in [6, 6.07) is 7.41. The van der Waals surface area contributed by atoms with Crippen molar-refractivity contribution in [2.45, 2.75) is 5.75 Å². The van der Waals surface area contributed by atoms with Gasteiger partial charge in [-0.25, -0.2) is 0 Å². The predicted molar refractivity (Wildman–Crippen MR) is 44.5 cm³/mol. The van der Waals surface area contributed by atoms with Crippen molar-refractivity contribution in [1.82, 2.24) is 0 Å². The molecule has 54 valence electrons. The number of rotatable bonds is 2. The molecule has 0 heterocycles. The Kier molecular flexibility index (Phi) is 2.59. The second kappa shape index (κ2) is 3.49. The lowest BCUT2D eigenvalue weighted by atomic mass is 10.2. The standard InChI is InChI=1S/C7H9NOS/c9-8-7-3-1-6(5-10)2-4-7/h1-4,8-10H,5H2. The number of thiol groups is 1. The van der Waals surface area contributed by atoms with Crippen LogP contribution >= 0.6 is 12.6 Å². The molecular weight excluding hydrogens is 146 g/mol. The van der Waals surface area contributed by atoms with E-state index in [1.807, 2.05) is 12.1 Å². The topological polar surface area (TPSA) is 32.3 Å². The van der Waals surface area contributed by atoms with E-state index in [4.69, 9.17) is 5.21 Å². The third-order valence-corrected chi connectivity index (χ3v) is 1.63. The number of nitrogens with one attached hydrogen (secondary N) is 1. The van der Waals surface area contributed by atoms with Crippen LogP contribution in [0.4, 0.5) is 5.69 Å². The lowest BCUT2D eigenvalue weighted by Crippen LogP contribution is -1.88. The normalized spacial score (nSPS) is 9.40. The zero-order valence-corrected chi connectivity index (χ0v) is 6.31. The number of hydrogen-bond donors (Lipinski definition) is 3. The third-order valence-electron chi connectivity index (χ3n) is 1.27. The quantitative estimate of drug-likeness (QED) is 0.450. The van der Waals surface area contributed by atoms with Crippen LogP contribution in [0.5, 0.6) is 0 Å². The molecule has 1 rings (SSSR count). The Morgan fingerprint density at radius 1 is 1.30 bits per heavy atom. The smallest absolute Gasteiger partial charge is 0.0602 e. The van der Waals surface area contributed by atoms with E-state index in [2.05, 4.69) is 18.1 Å². The molecule has 0 fully saturated rings. The molecule has 0 aliphatic carbocycles. The fourth-order valence-electron chi connectivity index (χ4n) is 0.685. The van der Waals surface area contributed by atoms with Gasteiger partial charge in [0.05, 0.1) is 5.69 Å². The molecule has 0 unspecified atom stereocenters. The van der Waals surface area contributed by atoms with E-state index >= 15 is 0 Å². The molecule has 0 amide bonds. The molecule has 0 aliphatic rings. The summed E-state index contributed by atoms with van der Waals surface area (Å²) in [5, 5.41) is 8.43. The minimum atomic E-state index is 0.700. The Hall–Kier alpha value is -0.670. The minimum Gasteiger partial charge on any atom is -0.291 e. The number of anilines is 1. The summed E-state index contributed by atoms with van der Waals surface area (Å²) in [6.07, 6.45) is 0. The predicted octanol–water partition coefficient (Wildman–Crippen LogP) is 1.92. The van der Waals surface area contributed by atoms with Crippen molar-refractivity contribution < 1.29 is 5.21 Å². The van der Waals surface area contributed by atoms with Crippen LogP contribution in [0, 0.1) is 0 Å². The van der Waals surface area contributed by atoms with Crippen LogP contribution in [0.2, 0.25) is 0 Å². The van der Waals surface area contributed by atoms with Crippen LogP contribution in [0.3, 0.4) is 0 Å². The first-order valence-electron chi connectivity index (χ1n) is 2.96. The lowest BCUT2D eigenvalue weighted by Gasteiger charge is -1.98. The van der Waals surface area contributed by atoms with Crippen molar-refractivity contribution >= 4 is 18.3 Å². The first kappa shape index (κ1) is 7.44. The van der Waals surface area contributed by atoms with Gasteiger partial charge in [0, 0.05) is 5.75 Å². The summed E-state index contributed by atoms with van der Waals surface area (Å²) >= 11 is 4.09. The van der Waals surface area contributed by atoms with E-state index in [9.17, 15) is 0 Å². The van der Waals surface area contributed by atoms with Gasteiger partial charge in [-0.05, 0) is 17.7 Å². The van der Waals surface area contributed by atoms with E-state index < -0.39 is 0 Å². The van der Waals surface area contributed by atoms with E-state index in [1.165, 1.54) is 0 Å². The van der Waals surface area contributed by atoms with Crippen LogP contribution < -0.4 is 5.48 Å². The molecule has 0 atom stereocenters. The lowest BCUT2D eigenvalue weighted by molar-refractivity contribution is 0.389. The van der Waals surface area contributed by atoms with Crippen LogP contribution in [0.1, 0.15) is 5.56 Å². The fourth-order valence-corrected chi connectivity index (χ4v) is 0.896. The summed E-state index contributed by atoms with van der Waals surface area (Å²) in [5.41, 5.74) is 3.89. The molecule has 1 aromatic carbocycles. The Morgan fingerprint density at radius 2 is 1.90 bits per heavy atom. The summed E-state index contributed by atoms with van der Waals surface area (Å²) in [4.78, 5) is 0. The molecule has 10 heavy (non-hydrogen) atoms. The summed E-state index contributed by atoms with van der Waals surface area (Å²) in [6.45, 7) is 0. The Morgan fingerprint density at radius 3 is 2.30 bits per heavy atom. The third kappa shape index (κ3) is 1.65. The molecule has 0 aliphatic heterocycles. The Labute approximate surface area is 65.2 Å². The van der Waals surface area contributed by atoms with Gasteiger partial charge in [0.15, 0.2) is 0 Å². The zero-order valence-electron chi connectivity index (χ0n) is 5.41. The highest BCUT2D eigenvalue weighted by molar-refractivity contribution is 7.79. The van der Waals surface area contributed by atoms with Crippen molar-refractivity contribution in [2.75, 3.05) is 5.48 Å². The highest BCUT2D eigenvalue weighted by atomic mass is 32.1. The number of benzene rings is 1. The molecule has 0 aromatic heterocycles. The first-order valence-corrected chi connectivity index (χ1v) is 3.60. The summed E-state index contributed by atoms with van der Waals surface area (Å²) in [5.74, 6) is 0.728. The van der Waals surface area contributed by atoms with Crippen molar-refractivity contribution in [2.24, 2.45) is 0 Å². The minimum absolute atomic E-state index is 0.700. The number of hydrogen-bond acceptors (Lipinski definition) is 3. The van der Waals surface area contributed by atoms with Crippen LogP contribution in [0.15, 0.2) is 24.3 Å². The summed E-state index contributed by atoms with van der Waals surface area (Å²) < 4.78 is 0. The largest absolute Gasteiger partial charge is 0.291 e. The van der Waals surface area contributed by atoms with E-state index in [0.29, 0.717) is 5.69 Å². The van der Waals surface area contributed by atoms with Crippen molar-refractivity contribution in [3.05, 3.63) is 29.8 Å². The van der Waals surface area contributed by atoms with Gasteiger partial charge in [0.2, 0.25) is 0 Å². The van der Waals surface area contributed by atoms with E-state index in [1.54, 1.807) is 12.1 Å². The van der Waals surface area contributed by atoms with Crippen molar-refractivity contribution in [3.63, 3.8) is 0 Å². The monoisotopic (exact) mass is 155 g/mol. The van der Waals surface area contributed by atoms with Gasteiger partial charge in [-0.3, -0.25) is 10.7 Å². The van der Waals surface area contributed by atoms with Crippen molar-refractivity contribution in [3.8, 4) is 0 Å². The van der Waals surface area contributed by atoms with Gasteiger partial charge in [-0.2, -0.15) is 12.6 Å². The maximum Gasteiger partial charge on any atom is 0.0602 e. The van der Waals surface area contributed by atoms with Gasteiger partial charge < -0.3 is 0 Å². The van der Waals surface area contributed by atoms with Gasteiger partial charge in [0.25, 0.3) is 0 Å². The Bertz CT molecular complexity index is 174. The second-order valence-electron chi connectivity index (χ2n) is 1.97. The average molecular weight is 155 g/mol. The van der Waals surface area contributed by atoms with E-state index in [0.717, 1.165) is 11.3 Å². The molecule has 0 radical (unpaired) electrons. The van der Waals surface area contributed by atoms with Crippen molar-refractivity contribution in [1.29, 1.82) is 0 Å². The van der Waals surface area contributed by atoms with Gasteiger partial charge in [0.1, 0.15) is 0 Å². The van der Waals surface area contributed by atoms with Gasteiger partial charge >= 0.3 is 0 Å². The van der Waals surface area contributed by atoms with Gasteiger partial charge in [-0.1, -0.05) is 12.1 Å². The average Bonchev–Trinajstić information content (AvgIpc) is 2.05. The van der Waals surface area contributed by atoms with Crippen LogP contribution in [-0.2, 0) is 5.75 Å². The zero-order chi connectivity index (χ0) is 7.40. The van der Waals surface area contributed by atoms with Crippen LogP contribution in [0.25, 0.3) is 0 Å². The fraction of sp³-hybridized carbons (Fsp3) is 0.143. The van der Waals surface area contributed by atoms with Crippen LogP contribution in [-0.4, -0.2) is 5.21 Å². The maximum absolute atomic E-state index is 8.43. The second-order valence-corrected chi connectivity index (χ2v) is 2.28. The SMILES string of the molecule is ONc1ccc(CS)cc1. The highest BCUT2D eigenvalue weighted by Gasteiger charge is 1.88. The molecule has 2 nitrogen and oxygen atoms in total. The maximum atomic E-state index is 8.43. The molecule has 0 saturated heterocycles. The molecule has 3 heteroatoms. The van der Waals surface area contributed by atoms with Gasteiger partial charge in [-0.15, -0.1) is 0 Å². The van der Waals surface area contributed by atoms with E-state index in [-0.39, 0.29) is 0 Å². The molecule has 0 bridgehead atoms. The summed E-state index contributed by atoms with van der Waals surface area (Å²) in [7, 11) is 0. The molecule has 0 spiro atoms. The first-order chi connectivity index (χ1) is 4.86. The molecule has 0 saturated carbocycles. The Balaban J connectivity index is 2.80.